The van der Waals surface area contributed by atoms with Crippen LogP contribution in [0.2, 0.25) is 0 Å². The first-order valence-corrected chi connectivity index (χ1v) is 10.2. The number of sulfonamides is 1. The third-order valence-electron chi connectivity index (χ3n) is 4.77. The van der Waals surface area contributed by atoms with E-state index in [0.717, 1.165) is 17.7 Å². The Kier molecular flexibility index (Phi) is 5.43. The number of para-hydroxylation sites is 1. The molecule has 3 rings (SSSR count). The Hall–Kier alpha value is -2.19. The molecule has 0 aliphatic carbocycles. The van der Waals surface area contributed by atoms with Crippen LogP contribution in [0.25, 0.3) is 0 Å². The Morgan fingerprint density at radius 1 is 1.27 bits per heavy atom. The minimum atomic E-state index is -3.59. The lowest BCUT2D eigenvalue weighted by molar-refractivity contribution is -0.120. The number of nitrogens with one attached hydrogen (secondary N) is 1. The van der Waals surface area contributed by atoms with E-state index in [9.17, 15) is 13.2 Å². The second-order valence-corrected chi connectivity index (χ2v) is 8.44. The minimum absolute atomic E-state index is 0.0409. The Labute approximate surface area is 154 Å². The van der Waals surface area contributed by atoms with Gasteiger partial charge in [0.2, 0.25) is 5.91 Å². The van der Waals surface area contributed by atoms with Crippen LogP contribution in [0, 0.1) is 5.92 Å². The number of carbonyl (C=O) groups excluding carboxylic acids is 1. The van der Waals surface area contributed by atoms with E-state index in [0.29, 0.717) is 25.9 Å². The zero-order chi connectivity index (χ0) is 18.7. The van der Waals surface area contributed by atoms with Gasteiger partial charge in [-0.25, -0.2) is 13.4 Å². The molecule has 1 fully saturated rings. The fraction of sp³-hybridized carbons (Fsp3) is 0.444. The molecular formula is C18H24N4O3S. The summed E-state index contributed by atoms with van der Waals surface area (Å²) < 4.78 is 28.2. The average molecular weight is 376 g/mol. The van der Waals surface area contributed by atoms with Crippen LogP contribution in [0.3, 0.4) is 0 Å². The van der Waals surface area contributed by atoms with Crippen LogP contribution >= 0.6 is 0 Å². The summed E-state index contributed by atoms with van der Waals surface area (Å²) in [4.78, 5) is 16.5. The van der Waals surface area contributed by atoms with Crippen molar-refractivity contribution in [3.63, 3.8) is 0 Å². The molecule has 8 heteroatoms. The maximum atomic E-state index is 12.6. The van der Waals surface area contributed by atoms with Gasteiger partial charge in [-0.1, -0.05) is 25.1 Å². The van der Waals surface area contributed by atoms with Crippen LogP contribution in [-0.2, 0) is 28.3 Å². The summed E-state index contributed by atoms with van der Waals surface area (Å²) in [5.41, 5.74) is 1.93. The second-order valence-electron chi connectivity index (χ2n) is 6.56. The maximum absolute atomic E-state index is 12.6. The summed E-state index contributed by atoms with van der Waals surface area (Å²) in [6.07, 6.45) is 4.82. The molecular weight excluding hydrogens is 352 g/mol. The molecule has 2 aromatic rings. The summed E-state index contributed by atoms with van der Waals surface area (Å²) in [6, 6.07) is 7.75. The quantitative estimate of drug-likeness (QED) is 0.865. The lowest BCUT2D eigenvalue weighted by Crippen LogP contribution is -2.41. The molecule has 0 unspecified atom stereocenters. The molecule has 26 heavy (non-hydrogen) atoms. The number of amides is 1. The van der Waals surface area contributed by atoms with Crippen molar-refractivity contribution in [3.8, 4) is 0 Å². The van der Waals surface area contributed by atoms with E-state index in [-0.39, 0.29) is 16.9 Å². The van der Waals surface area contributed by atoms with Crippen molar-refractivity contribution < 1.29 is 13.2 Å². The van der Waals surface area contributed by atoms with Crippen LogP contribution in [0.4, 0.5) is 5.69 Å². The van der Waals surface area contributed by atoms with Gasteiger partial charge in [-0.15, -0.1) is 0 Å². The molecule has 0 bridgehead atoms. The number of aryl methyl sites for hydroxylation is 2. The highest BCUT2D eigenvalue weighted by atomic mass is 32.2. The highest BCUT2D eigenvalue weighted by molar-refractivity contribution is 7.89. The number of aromatic nitrogens is 2. The molecule has 7 nitrogen and oxygen atoms in total. The summed E-state index contributed by atoms with van der Waals surface area (Å²) in [5, 5.41) is 3.05. The molecule has 0 atom stereocenters. The average Bonchev–Trinajstić information content (AvgIpc) is 3.09. The number of benzene rings is 1. The molecule has 0 spiro atoms. The van der Waals surface area contributed by atoms with E-state index in [1.807, 2.05) is 31.2 Å². The van der Waals surface area contributed by atoms with Gasteiger partial charge in [0.15, 0.2) is 5.03 Å². The van der Waals surface area contributed by atoms with Crippen molar-refractivity contribution in [2.75, 3.05) is 18.4 Å². The van der Waals surface area contributed by atoms with Gasteiger partial charge in [-0.05, 0) is 30.9 Å². The van der Waals surface area contributed by atoms with Gasteiger partial charge >= 0.3 is 0 Å². The number of rotatable bonds is 5. The van der Waals surface area contributed by atoms with Crippen LogP contribution in [-0.4, -0.2) is 41.3 Å². The number of piperidine rings is 1. The topological polar surface area (TPSA) is 84.3 Å². The molecule has 1 aromatic heterocycles. The van der Waals surface area contributed by atoms with Gasteiger partial charge in [-0.3, -0.25) is 4.79 Å². The third kappa shape index (κ3) is 3.81. The van der Waals surface area contributed by atoms with Crippen molar-refractivity contribution >= 4 is 21.6 Å². The predicted molar refractivity (Wildman–Crippen MR) is 99.1 cm³/mol. The number of carbonyl (C=O) groups is 1. The maximum Gasteiger partial charge on any atom is 0.262 e. The molecule has 140 valence electrons. The largest absolute Gasteiger partial charge is 0.339 e. The second kappa shape index (κ2) is 7.59. The zero-order valence-electron chi connectivity index (χ0n) is 15.1. The SMILES string of the molecule is CCc1ccccc1NC(=O)C1CCN(S(=O)(=O)c2cn(C)cn2)CC1. The summed E-state index contributed by atoms with van der Waals surface area (Å²) in [7, 11) is -1.86. The van der Waals surface area contributed by atoms with Crippen molar-refractivity contribution in [2.24, 2.45) is 13.0 Å². The first-order chi connectivity index (χ1) is 12.4. The molecule has 1 saturated heterocycles. The number of imidazole rings is 1. The highest BCUT2D eigenvalue weighted by Crippen LogP contribution is 2.25. The van der Waals surface area contributed by atoms with Crippen LogP contribution in [0.1, 0.15) is 25.3 Å². The molecule has 1 N–H and O–H groups in total. The molecule has 0 saturated carbocycles. The van der Waals surface area contributed by atoms with E-state index < -0.39 is 10.0 Å². The first kappa shape index (κ1) is 18.6. The molecule has 1 amide bonds. The van der Waals surface area contributed by atoms with Gasteiger partial charge in [-0.2, -0.15) is 4.31 Å². The Bertz CT molecular complexity index is 883. The van der Waals surface area contributed by atoms with E-state index in [1.165, 1.54) is 16.8 Å². The van der Waals surface area contributed by atoms with Crippen molar-refractivity contribution in [3.05, 3.63) is 42.4 Å². The van der Waals surface area contributed by atoms with Crippen LogP contribution in [0.15, 0.2) is 41.8 Å². The first-order valence-electron chi connectivity index (χ1n) is 8.78. The molecule has 1 aromatic carbocycles. The van der Waals surface area contributed by atoms with Crippen molar-refractivity contribution in [2.45, 2.75) is 31.2 Å². The Morgan fingerprint density at radius 3 is 2.58 bits per heavy atom. The number of hydrogen-bond donors (Lipinski definition) is 1. The Morgan fingerprint density at radius 2 is 1.96 bits per heavy atom. The predicted octanol–water partition coefficient (Wildman–Crippen LogP) is 2.02. The lowest BCUT2D eigenvalue weighted by atomic mass is 9.97. The van der Waals surface area contributed by atoms with Gasteiger partial charge in [0.1, 0.15) is 0 Å². The third-order valence-corrected chi connectivity index (χ3v) is 6.55. The van der Waals surface area contributed by atoms with E-state index in [4.69, 9.17) is 0 Å². The Balaban J connectivity index is 1.62. The zero-order valence-corrected chi connectivity index (χ0v) is 15.9. The number of hydrogen-bond acceptors (Lipinski definition) is 4. The normalized spacial score (nSPS) is 16.5. The summed E-state index contributed by atoms with van der Waals surface area (Å²) in [6.45, 7) is 2.70. The van der Waals surface area contributed by atoms with Crippen molar-refractivity contribution in [1.82, 2.24) is 13.9 Å². The van der Waals surface area contributed by atoms with Gasteiger partial charge < -0.3 is 9.88 Å². The molecule has 1 aliphatic rings. The minimum Gasteiger partial charge on any atom is -0.339 e. The highest BCUT2D eigenvalue weighted by Gasteiger charge is 2.33. The summed E-state index contributed by atoms with van der Waals surface area (Å²) in [5.74, 6) is -0.226. The fourth-order valence-corrected chi connectivity index (χ4v) is 4.63. The summed E-state index contributed by atoms with van der Waals surface area (Å²) >= 11 is 0. The lowest BCUT2D eigenvalue weighted by Gasteiger charge is -2.30. The molecule has 2 heterocycles. The number of nitrogens with zero attached hydrogens (tertiary/aromatic N) is 3. The smallest absolute Gasteiger partial charge is 0.262 e. The number of anilines is 1. The van der Waals surface area contributed by atoms with E-state index >= 15 is 0 Å². The molecule has 1 aliphatic heterocycles. The van der Waals surface area contributed by atoms with Crippen molar-refractivity contribution in [1.29, 1.82) is 0 Å². The standard InChI is InChI=1S/C18H24N4O3S/c1-3-14-6-4-5-7-16(14)20-18(23)15-8-10-22(11-9-15)26(24,25)17-12-21(2)13-19-17/h4-7,12-13,15H,3,8-11H2,1-2H3,(H,20,23). The van der Waals surface area contributed by atoms with E-state index in [1.54, 1.807) is 11.6 Å². The monoisotopic (exact) mass is 376 g/mol. The van der Waals surface area contributed by atoms with Crippen LogP contribution in [0.5, 0.6) is 0 Å². The van der Waals surface area contributed by atoms with Gasteiger partial charge in [0.05, 0.1) is 6.33 Å². The van der Waals surface area contributed by atoms with Gasteiger partial charge in [0, 0.05) is 37.9 Å². The fourth-order valence-electron chi connectivity index (χ4n) is 3.20. The molecule has 0 radical (unpaired) electrons. The van der Waals surface area contributed by atoms with Gasteiger partial charge in [0.25, 0.3) is 10.0 Å². The van der Waals surface area contributed by atoms with E-state index in [2.05, 4.69) is 10.3 Å². The van der Waals surface area contributed by atoms with Crippen LogP contribution < -0.4 is 5.32 Å².